The zero-order chi connectivity index (χ0) is 27.0. The van der Waals surface area contributed by atoms with Crippen LogP contribution in [0.15, 0.2) is 48.6 Å². The molecular weight excluding hydrogens is 528 g/mol. The van der Waals surface area contributed by atoms with Gasteiger partial charge < -0.3 is 14.7 Å². The first-order valence-electron chi connectivity index (χ1n) is 14.5. The Kier molecular flexibility index (Phi) is 7.89. The first kappa shape index (κ1) is 27.0. The van der Waals surface area contributed by atoms with E-state index >= 15 is 0 Å². The van der Waals surface area contributed by atoms with Gasteiger partial charge in [0.05, 0.1) is 18.4 Å². The molecule has 1 spiro atoms. The quantitative estimate of drug-likeness (QED) is 0.302. The van der Waals surface area contributed by atoms with E-state index in [1.165, 1.54) is 23.1 Å². The third-order valence-electron chi connectivity index (χ3n) is 9.53. The molecule has 5 atom stereocenters. The predicted molar refractivity (Wildman–Crippen MR) is 160 cm³/mol. The van der Waals surface area contributed by atoms with Crippen molar-refractivity contribution in [3.05, 3.63) is 70.3 Å². The minimum atomic E-state index is -0.415. The third-order valence-corrected chi connectivity index (χ3v) is 10.7. The molecule has 1 saturated carbocycles. The number of aliphatic hydroxyl groups excluding tert-OH is 1. The molecule has 0 aromatic heterocycles. The predicted octanol–water partition coefficient (Wildman–Crippen LogP) is 6.56. The van der Waals surface area contributed by atoms with Crippen LogP contribution in [0.25, 0.3) is 0 Å². The molecule has 1 fully saturated rings. The Labute approximate surface area is 241 Å². The van der Waals surface area contributed by atoms with Gasteiger partial charge in [-0.15, -0.1) is 0 Å². The van der Waals surface area contributed by atoms with E-state index in [0.29, 0.717) is 24.0 Å². The summed E-state index contributed by atoms with van der Waals surface area (Å²) >= 11 is 7.88. The van der Waals surface area contributed by atoms with Crippen LogP contribution in [0.4, 0.5) is 5.69 Å². The number of anilines is 1. The zero-order valence-electron chi connectivity index (χ0n) is 22.7. The van der Waals surface area contributed by atoms with Gasteiger partial charge in [-0.1, -0.05) is 43.2 Å². The lowest BCUT2D eigenvalue weighted by Gasteiger charge is -2.45. The van der Waals surface area contributed by atoms with Crippen molar-refractivity contribution in [2.75, 3.05) is 30.3 Å². The fraction of sp³-hybridized carbons (Fsp3) is 0.531. The number of rotatable bonds is 1. The van der Waals surface area contributed by atoms with Crippen LogP contribution < -0.4 is 14.4 Å². The second-order valence-corrected chi connectivity index (χ2v) is 13.2. The molecule has 7 heteroatoms. The molecular formula is C32H39ClN2O3S. The van der Waals surface area contributed by atoms with Gasteiger partial charge in [-0.3, -0.25) is 9.52 Å². The molecule has 2 aliphatic heterocycles. The van der Waals surface area contributed by atoms with Crippen LogP contribution in [0.3, 0.4) is 0 Å². The second kappa shape index (κ2) is 11.4. The van der Waals surface area contributed by atoms with Gasteiger partial charge in [-0.2, -0.15) is 0 Å². The highest BCUT2D eigenvalue weighted by Gasteiger charge is 2.44. The van der Waals surface area contributed by atoms with Gasteiger partial charge in [0, 0.05) is 34.8 Å². The van der Waals surface area contributed by atoms with Crippen molar-refractivity contribution in [2.24, 2.45) is 17.8 Å². The number of allylic oxidation sites excluding steroid dienone is 1. The number of hydrogen-bond acceptors (Lipinski definition) is 5. The largest absolute Gasteiger partial charge is 0.490 e. The Balaban J connectivity index is 1.38. The smallest absolute Gasteiger partial charge is 0.261 e. The summed E-state index contributed by atoms with van der Waals surface area (Å²) in [7, 11) is 0. The molecule has 208 valence electrons. The SMILES string of the molecule is CC[C@H]1C/C=C/[C@H](O)[C@@H]2CC[C@H]2CN2C[C@@]3(CCCc4cc(Cl)ccc43)COc3ccc(cc32)C(=O)NSC1. The van der Waals surface area contributed by atoms with E-state index in [4.69, 9.17) is 16.3 Å². The first-order valence-corrected chi connectivity index (χ1v) is 15.9. The van der Waals surface area contributed by atoms with Crippen molar-refractivity contribution in [3.63, 3.8) is 0 Å². The molecule has 0 saturated heterocycles. The molecule has 2 bridgehead atoms. The fourth-order valence-electron chi connectivity index (χ4n) is 7.00. The molecule has 0 radical (unpaired) electrons. The number of fused-ring (bicyclic) bond motifs is 4. The van der Waals surface area contributed by atoms with Crippen molar-refractivity contribution in [2.45, 2.75) is 63.4 Å². The number of aliphatic hydroxyl groups is 1. The molecule has 39 heavy (non-hydrogen) atoms. The van der Waals surface area contributed by atoms with E-state index in [0.717, 1.165) is 80.2 Å². The van der Waals surface area contributed by atoms with Gasteiger partial charge in [-0.05, 0) is 110 Å². The van der Waals surface area contributed by atoms with Crippen LogP contribution >= 0.6 is 23.5 Å². The monoisotopic (exact) mass is 566 g/mol. The molecule has 5 nitrogen and oxygen atoms in total. The van der Waals surface area contributed by atoms with E-state index in [1.54, 1.807) is 0 Å². The molecule has 2 aliphatic carbocycles. The Morgan fingerprint density at radius 3 is 2.95 bits per heavy atom. The normalized spacial score (nSPS) is 31.7. The van der Waals surface area contributed by atoms with Crippen LogP contribution in [-0.4, -0.2) is 42.6 Å². The average Bonchev–Trinajstić information content (AvgIpc) is 3.06. The number of nitrogens with zero attached hydrogens (tertiary/aromatic N) is 1. The fourth-order valence-corrected chi connectivity index (χ4v) is 8.13. The number of hydrogen-bond donors (Lipinski definition) is 2. The first-order chi connectivity index (χ1) is 19.0. The topological polar surface area (TPSA) is 61.8 Å². The average molecular weight is 567 g/mol. The maximum absolute atomic E-state index is 13.2. The highest BCUT2D eigenvalue weighted by molar-refractivity contribution is 7.97. The maximum Gasteiger partial charge on any atom is 0.261 e. The van der Waals surface area contributed by atoms with Gasteiger partial charge in [0.1, 0.15) is 5.75 Å². The molecule has 2 aromatic rings. The summed E-state index contributed by atoms with van der Waals surface area (Å²) in [6.45, 7) is 4.45. The van der Waals surface area contributed by atoms with Gasteiger partial charge >= 0.3 is 0 Å². The number of halogens is 1. The molecule has 2 N–H and O–H groups in total. The van der Waals surface area contributed by atoms with E-state index in [2.05, 4.69) is 34.8 Å². The molecule has 6 rings (SSSR count). The van der Waals surface area contributed by atoms with Crippen LogP contribution in [0.2, 0.25) is 5.02 Å². The Hall–Kier alpha value is -2.15. The summed E-state index contributed by atoms with van der Waals surface area (Å²) in [5, 5.41) is 11.9. The number of ether oxygens (including phenoxy) is 1. The Morgan fingerprint density at radius 2 is 2.13 bits per heavy atom. The van der Waals surface area contributed by atoms with Crippen LogP contribution in [0, 0.1) is 17.8 Å². The van der Waals surface area contributed by atoms with E-state index in [-0.39, 0.29) is 17.2 Å². The van der Waals surface area contributed by atoms with Gasteiger partial charge in [0.25, 0.3) is 5.91 Å². The molecule has 4 aliphatic rings. The number of benzene rings is 2. The summed E-state index contributed by atoms with van der Waals surface area (Å²) in [5.74, 6) is 2.74. The number of carbonyl (C=O) groups is 1. The molecule has 0 unspecified atom stereocenters. The van der Waals surface area contributed by atoms with E-state index < -0.39 is 6.10 Å². The lowest BCUT2D eigenvalue weighted by molar-refractivity contribution is 0.0456. The molecule has 2 heterocycles. The summed E-state index contributed by atoms with van der Waals surface area (Å²) in [6, 6.07) is 12.2. The number of carbonyl (C=O) groups excluding carboxylic acids is 1. The van der Waals surface area contributed by atoms with Crippen LogP contribution in [-0.2, 0) is 11.8 Å². The molecule has 2 aromatic carbocycles. The number of amides is 1. The summed E-state index contributed by atoms with van der Waals surface area (Å²) in [5.41, 5.74) is 4.16. The van der Waals surface area contributed by atoms with Crippen molar-refractivity contribution in [3.8, 4) is 5.75 Å². The lowest BCUT2D eigenvalue weighted by Crippen LogP contribution is -2.49. The molecule has 1 amide bonds. The maximum atomic E-state index is 13.2. The van der Waals surface area contributed by atoms with Crippen molar-refractivity contribution < 1.29 is 14.6 Å². The Morgan fingerprint density at radius 1 is 1.23 bits per heavy atom. The summed E-state index contributed by atoms with van der Waals surface area (Å²) in [6.07, 6.45) is 11.1. The van der Waals surface area contributed by atoms with Crippen molar-refractivity contribution in [1.82, 2.24) is 4.72 Å². The van der Waals surface area contributed by atoms with E-state index in [9.17, 15) is 9.90 Å². The van der Waals surface area contributed by atoms with E-state index in [1.807, 2.05) is 30.3 Å². The van der Waals surface area contributed by atoms with Crippen molar-refractivity contribution in [1.29, 1.82) is 0 Å². The highest BCUT2D eigenvalue weighted by atomic mass is 35.5. The zero-order valence-corrected chi connectivity index (χ0v) is 24.3. The summed E-state index contributed by atoms with van der Waals surface area (Å²) < 4.78 is 9.65. The van der Waals surface area contributed by atoms with Gasteiger partial charge in [-0.25, -0.2) is 0 Å². The number of aryl methyl sites for hydroxylation is 1. The minimum Gasteiger partial charge on any atom is -0.490 e. The number of nitrogens with one attached hydrogen (secondary N) is 1. The Bertz CT molecular complexity index is 1250. The standard InChI is InChI=1S/C32H39ClN2O3S/c1-2-21-5-3-7-29(36)26-11-8-24(26)17-35-19-32(14-4-6-22-15-25(33)10-12-27(22)32)20-38-30-13-9-23(16-28(30)35)31(37)34-39-18-21/h3,7,9-10,12-13,15-16,21,24,26,29,36H,2,4-6,8,11,14,17-20H2,1H3,(H,34,37)/b7-3+/t21-,24-,26+,29-,32-/m0/s1. The van der Waals surface area contributed by atoms with Gasteiger partial charge in [0.2, 0.25) is 0 Å². The minimum absolute atomic E-state index is 0.0613. The van der Waals surface area contributed by atoms with Crippen LogP contribution in [0.5, 0.6) is 5.75 Å². The van der Waals surface area contributed by atoms with Crippen molar-refractivity contribution >= 4 is 35.1 Å². The van der Waals surface area contributed by atoms with Crippen LogP contribution in [0.1, 0.15) is 66.9 Å². The lowest BCUT2D eigenvalue weighted by atomic mass is 9.68. The second-order valence-electron chi connectivity index (χ2n) is 12.0. The third kappa shape index (κ3) is 5.45. The van der Waals surface area contributed by atoms with Gasteiger partial charge in [0.15, 0.2) is 0 Å². The summed E-state index contributed by atoms with van der Waals surface area (Å²) in [4.78, 5) is 15.6. The highest BCUT2D eigenvalue weighted by Crippen LogP contribution is 2.46.